The summed E-state index contributed by atoms with van der Waals surface area (Å²) in [6.07, 6.45) is 1.00. The van der Waals surface area contributed by atoms with Gasteiger partial charge in [-0.2, -0.15) is 0 Å². The monoisotopic (exact) mass is 212 g/mol. The Hall–Kier alpha value is -0.380. The van der Waals surface area contributed by atoms with Crippen LogP contribution in [0.25, 0.3) is 0 Å². The van der Waals surface area contributed by atoms with Gasteiger partial charge >= 0.3 is 0 Å². The number of nitrogens with one attached hydrogen (secondary N) is 1. The summed E-state index contributed by atoms with van der Waals surface area (Å²) < 4.78 is 0. The van der Waals surface area contributed by atoms with Crippen LogP contribution in [0.1, 0.15) is 30.0 Å². The predicted molar refractivity (Wildman–Crippen MR) is 63.6 cm³/mol. The van der Waals surface area contributed by atoms with E-state index in [9.17, 15) is 0 Å². The molecule has 3 heteroatoms. The summed E-state index contributed by atoms with van der Waals surface area (Å²) in [7, 11) is 0. The molecule has 0 spiro atoms. The maximum absolute atomic E-state index is 6.03. The SMILES string of the molecule is CCC(C)(N)CNCc1ccc(C)s1. The Morgan fingerprint density at radius 3 is 2.71 bits per heavy atom. The maximum atomic E-state index is 6.03. The van der Waals surface area contributed by atoms with Crippen LogP contribution in [-0.2, 0) is 6.54 Å². The van der Waals surface area contributed by atoms with Crippen molar-refractivity contribution in [2.24, 2.45) is 5.73 Å². The van der Waals surface area contributed by atoms with Crippen LogP contribution in [0.2, 0.25) is 0 Å². The zero-order valence-electron chi connectivity index (χ0n) is 9.26. The summed E-state index contributed by atoms with van der Waals surface area (Å²) in [6, 6.07) is 4.33. The first-order valence-corrected chi connectivity index (χ1v) is 5.90. The van der Waals surface area contributed by atoms with Crippen LogP contribution in [0.5, 0.6) is 0 Å². The quantitative estimate of drug-likeness (QED) is 0.786. The summed E-state index contributed by atoms with van der Waals surface area (Å²) in [4.78, 5) is 2.75. The van der Waals surface area contributed by atoms with E-state index in [1.807, 2.05) is 11.3 Å². The topological polar surface area (TPSA) is 38.0 Å². The van der Waals surface area contributed by atoms with Gasteiger partial charge in [-0.1, -0.05) is 6.92 Å². The fourth-order valence-corrected chi connectivity index (χ4v) is 2.04. The molecule has 0 bridgehead atoms. The third kappa shape index (κ3) is 3.78. The lowest BCUT2D eigenvalue weighted by molar-refractivity contribution is 0.417. The molecule has 1 atom stereocenters. The first-order valence-electron chi connectivity index (χ1n) is 5.08. The van der Waals surface area contributed by atoms with Crippen molar-refractivity contribution in [3.05, 3.63) is 21.9 Å². The lowest BCUT2D eigenvalue weighted by Crippen LogP contribution is -2.45. The minimum atomic E-state index is -0.0771. The minimum Gasteiger partial charge on any atom is -0.324 e. The van der Waals surface area contributed by atoms with Gasteiger partial charge in [-0.05, 0) is 32.4 Å². The largest absolute Gasteiger partial charge is 0.324 e. The van der Waals surface area contributed by atoms with Crippen LogP contribution in [-0.4, -0.2) is 12.1 Å². The lowest BCUT2D eigenvalue weighted by Gasteiger charge is -2.22. The molecular weight excluding hydrogens is 192 g/mol. The first kappa shape index (κ1) is 11.7. The molecule has 1 unspecified atom stereocenters. The third-order valence-electron chi connectivity index (χ3n) is 2.43. The van der Waals surface area contributed by atoms with Crippen molar-refractivity contribution in [2.45, 2.75) is 39.3 Å². The van der Waals surface area contributed by atoms with E-state index in [0.29, 0.717) is 0 Å². The van der Waals surface area contributed by atoms with E-state index in [2.05, 4.69) is 38.2 Å². The van der Waals surface area contributed by atoms with Gasteiger partial charge in [0.25, 0.3) is 0 Å². The first-order chi connectivity index (χ1) is 6.53. The number of nitrogens with two attached hydrogens (primary N) is 1. The minimum absolute atomic E-state index is 0.0771. The number of thiophene rings is 1. The highest BCUT2D eigenvalue weighted by atomic mass is 32.1. The molecule has 80 valence electrons. The fraction of sp³-hybridized carbons (Fsp3) is 0.636. The Bertz CT molecular complexity index is 279. The van der Waals surface area contributed by atoms with Crippen molar-refractivity contribution in [3.63, 3.8) is 0 Å². The van der Waals surface area contributed by atoms with Crippen LogP contribution in [0.15, 0.2) is 12.1 Å². The average molecular weight is 212 g/mol. The Balaban J connectivity index is 2.28. The summed E-state index contributed by atoms with van der Waals surface area (Å²) in [6.45, 7) is 8.15. The molecule has 0 aliphatic carbocycles. The molecule has 0 radical (unpaired) electrons. The predicted octanol–water partition coefficient (Wildman–Crippen LogP) is 2.27. The van der Waals surface area contributed by atoms with Gasteiger partial charge < -0.3 is 11.1 Å². The molecule has 0 fully saturated rings. The van der Waals surface area contributed by atoms with Gasteiger partial charge in [0.15, 0.2) is 0 Å². The molecule has 0 aliphatic heterocycles. The molecule has 3 N–H and O–H groups in total. The lowest BCUT2D eigenvalue weighted by atomic mass is 10.0. The smallest absolute Gasteiger partial charge is 0.0300 e. The van der Waals surface area contributed by atoms with Gasteiger partial charge in [0.05, 0.1) is 0 Å². The van der Waals surface area contributed by atoms with Crippen molar-refractivity contribution in [1.82, 2.24) is 5.32 Å². The van der Waals surface area contributed by atoms with Crippen molar-refractivity contribution < 1.29 is 0 Å². The van der Waals surface area contributed by atoms with Crippen LogP contribution < -0.4 is 11.1 Å². The molecule has 0 amide bonds. The number of rotatable bonds is 5. The van der Waals surface area contributed by atoms with Gasteiger partial charge in [-0.15, -0.1) is 11.3 Å². The Morgan fingerprint density at radius 2 is 2.21 bits per heavy atom. The molecular formula is C11H20N2S. The van der Waals surface area contributed by atoms with Crippen LogP contribution in [0, 0.1) is 6.92 Å². The van der Waals surface area contributed by atoms with E-state index in [-0.39, 0.29) is 5.54 Å². The van der Waals surface area contributed by atoms with E-state index < -0.39 is 0 Å². The van der Waals surface area contributed by atoms with Crippen molar-refractivity contribution in [2.75, 3.05) is 6.54 Å². The molecule has 1 rings (SSSR count). The van der Waals surface area contributed by atoms with E-state index in [1.165, 1.54) is 9.75 Å². The van der Waals surface area contributed by atoms with Gasteiger partial charge in [0.2, 0.25) is 0 Å². The van der Waals surface area contributed by atoms with E-state index in [4.69, 9.17) is 5.73 Å². The fourth-order valence-electron chi connectivity index (χ4n) is 1.18. The second-order valence-corrected chi connectivity index (χ2v) is 5.50. The number of hydrogen-bond donors (Lipinski definition) is 2. The summed E-state index contributed by atoms with van der Waals surface area (Å²) in [5, 5.41) is 3.39. The Kier molecular flexibility index (Phi) is 4.11. The Morgan fingerprint density at radius 1 is 1.50 bits per heavy atom. The highest BCUT2D eigenvalue weighted by Crippen LogP contribution is 2.14. The average Bonchev–Trinajstić information content (AvgIpc) is 2.51. The highest BCUT2D eigenvalue weighted by molar-refractivity contribution is 7.11. The van der Waals surface area contributed by atoms with Crippen molar-refractivity contribution in [3.8, 4) is 0 Å². The molecule has 1 aromatic rings. The standard InChI is InChI=1S/C11H20N2S/c1-4-11(3,12)8-13-7-10-6-5-9(2)14-10/h5-6,13H,4,7-8,12H2,1-3H3. The summed E-state index contributed by atoms with van der Waals surface area (Å²) >= 11 is 1.84. The number of hydrogen-bond acceptors (Lipinski definition) is 3. The van der Waals surface area contributed by atoms with Crippen LogP contribution >= 0.6 is 11.3 Å². The van der Waals surface area contributed by atoms with Gasteiger partial charge in [-0.25, -0.2) is 0 Å². The van der Waals surface area contributed by atoms with Gasteiger partial charge in [0, 0.05) is 28.4 Å². The van der Waals surface area contributed by atoms with Gasteiger partial charge in [-0.3, -0.25) is 0 Å². The molecule has 0 aliphatic rings. The van der Waals surface area contributed by atoms with Crippen LogP contribution in [0.3, 0.4) is 0 Å². The van der Waals surface area contributed by atoms with E-state index >= 15 is 0 Å². The molecule has 0 saturated heterocycles. The normalized spacial score (nSPS) is 15.4. The zero-order valence-corrected chi connectivity index (χ0v) is 10.1. The maximum Gasteiger partial charge on any atom is 0.0300 e. The highest BCUT2D eigenvalue weighted by Gasteiger charge is 2.14. The molecule has 0 saturated carbocycles. The second-order valence-electron chi connectivity index (χ2n) is 4.12. The summed E-state index contributed by atoms with van der Waals surface area (Å²) in [5.41, 5.74) is 5.95. The molecule has 0 aromatic carbocycles. The Labute approximate surface area is 90.5 Å². The molecule has 14 heavy (non-hydrogen) atoms. The molecule has 2 nitrogen and oxygen atoms in total. The summed E-state index contributed by atoms with van der Waals surface area (Å²) in [5.74, 6) is 0. The number of aryl methyl sites for hydroxylation is 1. The van der Waals surface area contributed by atoms with Crippen LogP contribution in [0.4, 0.5) is 0 Å². The third-order valence-corrected chi connectivity index (χ3v) is 3.43. The van der Waals surface area contributed by atoms with Crippen molar-refractivity contribution >= 4 is 11.3 Å². The van der Waals surface area contributed by atoms with Crippen molar-refractivity contribution in [1.29, 1.82) is 0 Å². The second kappa shape index (κ2) is 4.91. The molecule has 1 aromatic heterocycles. The van der Waals surface area contributed by atoms with Gasteiger partial charge in [0.1, 0.15) is 0 Å². The zero-order chi connectivity index (χ0) is 10.6. The molecule has 1 heterocycles. The van der Waals surface area contributed by atoms with E-state index in [1.54, 1.807) is 0 Å². The van der Waals surface area contributed by atoms with E-state index in [0.717, 1.165) is 19.5 Å².